The van der Waals surface area contributed by atoms with Crippen molar-refractivity contribution in [3.8, 4) is 0 Å². The van der Waals surface area contributed by atoms with Crippen LogP contribution in [0.2, 0.25) is 0 Å². The van der Waals surface area contributed by atoms with Crippen LogP contribution in [0.15, 0.2) is 97.2 Å². The first kappa shape index (κ1) is 60.8. The van der Waals surface area contributed by atoms with Crippen molar-refractivity contribution in [1.82, 2.24) is 0 Å². The molecule has 0 aromatic rings. The normalized spacial score (nSPS) is 13.0. The molecule has 5 nitrogen and oxygen atoms in total. The van der Waals surface area contributed by atoms with E-state index in [9.17, 15) is 14.7 Å². The number of hydrogen-bond donors (Lipinski definition) is 1. The Balaban J connectivity index is 3.48. The molecule has 0 radical (unpaired) electrons. The molecule has 1 N–H and O–H groups in total. The predicted molar refractivity (Wildman–Crippen MR) is 279 cm³/mol. The number of allylic oxidation sites excluding steroid dienone is 16. The van der Waals surface area contributed by atoms with Crippen LogP contribution < -0.4 is 0 Å². The molecule has 0 aliphatic rings. The van der Waals surface area contributed by atoms with Gasteiger partial charge in [-0.25, -0.2) is 0 Å². The lowest BCUT2D eigenvalue weighted by atomic mass is 10.0. The van der Waals surface area contributed by atoms with Gasteiger partial charge >= 0.3 is 11.9 Å². The Morgan fingerprint density at radius 1 is 0.375 bits per heavy atom. The molecule has 0 fully saturated rings. The highest BCUT2D eigenvalue weighted by molar-refractivity contribution is 5.70. The Kier molecular flexibility index (Phi) is 51.5. The van der Waals surface area contributed by atoms with E-state index in [0.717, 1.165) is 89.9 Å². The number of hydrogen-bond acceptors (Lipinski definition) is 5. The molecule has 0 saturated carbocycles. The molecule has 0 aliphatic heterocycles. The minimum atomic E-state index is -0.770. The van der Waals surface area contributed by atoms with Gasteiger partial charge in [0.2, 0.25) is 0 Å². The van der Waals surface area contributed by atoms with Crippen molar-refractivity contribution in [3.05, 3.63) is 97.2 Å². The molecule has 0 saturated heterocycles. The molecule has 366 valence electrons. The van der Waals surface area contributed by atoms with Crippen molar-refractivity contribution < 1.29 is 24.2 Å². The highest BCUT2D eigenvalue weighted by atomic mass is 16.6. The average molecular weight is 889 g/mol. The van der Waals surface area contributed by atoms with Gasteiger partial charge in [0.25, 0.3) is 0 Å². The third-order valence-electron chi connectivity index (χ3n) is 11.4. The van der Waals surface area contributed by atoms with Crippen molar-refractivity contribution in [2.45, 2.75) is 251 Å². The van der Waals surface area contributed by atoms with Crippen LogP contribution in [0.1, 0.15) is 245 Å². The second kappa shape index (κ2) is 54.2. The summed E-state index contributed by atoms with van der Waals surface area (Å²) in [4.78, 5) is 24.3. The fourth-order valence-electron chi connectivity index (χ4n) is 7.39. The summed E-state index contributed by atoms with van der Waals surface area (Å²) in [5.74, 6) is -0.590. The van der Waals surface area contributed by atoms with Crippen LogP contribution in [0.25, 0.3) is 0 Å². The van der Waals surface area contributed by atoms with E-state index in [1.165, 1.54) is 128 Å². The molecular weight excluding hydrogens is 789 g/mol. The van der Waals surface area contributed by atoms with Gasteiger partial charge in [0.05, 0.1) is 6.61 Å². The summed E-state index contributed by atoms with van der Waals surface area (Å²) >= 11 is 0. The zero-order valence-corrected chi connectivity index (χ0v) is 41.8. The Bertz CT molecular complexity index is 1230. The van der Waals surface area contributed by atoms with Crippen molar-refractivity contribution in [2.75, 3.05) is 13.2 Å². The van der Waals surface area contributed by atoms with E-state index in [4.69, 9.17) is 9.47 Å². The zero-order valence-electron chi connectivity index (χ0n) is 41.8. The fourth-order valence-corrected chi connectivity index (χ4v) is 7.39. The largest absolute Gasteiger partial charge is 0.462 e. The van der Waals surface area contributed by atoms with Crippen LogP contribution in [0.3, 0.4) is 0 Å². The van der Waals surface area contributed by atoms with Crippen molar-refractivity contribution in [3.63, 3.8) is 0 Å². The number of esters is 2. The number of carbonyl (C=O) groups excluding carboxylic acids is 2. The summed E-state index contributed by atoms with van der Waals surface area (Å²) in [5.41, 5.74) is 0. The maximum atomic E-state index is 12.2. The number of carbonyl (C=O) groups is 2. The van der Waals surface area contributed by atoms with Crippen molar-refractivity contribution in [1.29, 1.82) is 0 Å². The summed E-state index contributed by atoms with van der Waals surface area (Å²) in [6.07, 6.45) is 76.8. The first-order valence-electron chi connectivity index (χ1n) is 26.8. The molecule has 0 heterocycles. The fraction of sp³-hybridized carbons (Fsp3) is 0.695. The van der Waals surface area contributed by atoms with Crippen LogP contribution in [0.4, 0.5) is 0 Å². The highest BCUT2D eigenvalue weighted by Gasteiger charge is 2.16. The first-order chi connectivity index (χ1) is 31.6. The minimum absolute atomic E-state index is 0.0652. The lowest BCUT2D eigenvalue weighted by Crippen LogP contribution is -2.28. The molecule has 0 aromatic heterocycles. The maximum Gasteiger partial charge on any atom is 0.306 e. The molecule has 0 aliphatic carbocycles. The topological polar surface area (TPSA) is 72.8 Å². The maximum absolute atomic E-state index is 12.2. The zero-order chi connectivity index (χ0) is 46.3. The van der Waals surface area contributed by atoms with E-state index >= 15 is 0 Å². The van der Waals surface area contributed by atoms with Gasteiger partial charge in [-0.1, -0.05) is 252 Å². The number of aliphatic hydroxyl groups excluding tert-OH is 1. The van der Waals surface area contributed by atoms with Crippen LogP contribution in [0, 0.1) is 0 Å². The number of unbranched alkanes of at least 4 members (excludes halogenated alkanes) is 24. The summed E-state index contributed by atoms with van der Waals surface area (Å²) in [7, 11) is 0. The highest BCUT2D eigenvalue weighted by Crippen LogP contribution is 2.16. The Labute approximate surface area is 396 Å². The van der Waals surface area contributed by atoms with E-state index in [0.29, 0.717) is 12.8 Å². The Morgan fingerprint density at radius 2 is 0.672 bits per heavy atom. The molecule has 0 rings (SSSR count). The SMILES string of the molecule is CC/C=C\C/C=C\C/C=C\C/C=C\C/C=C\C/C=C\C/C=C\C/C=C\CCCCCCCCCCCCCCCCCCC(=O)OC(CO)COC(=O)CCCCCCCCCCC. The lowest BCUT2D eigenvalue weighted by molar-refractivity contribution is -0.161. The minimum Gasteiger partial charge on any atom is -0.462 e. The van der Waals surface area contributed by atoms with E-state index < -0.39 is 6.10 Å². The molecule has 0 aromatic carbocycles. The molecule has 0 bridgehead atoms. The summed E-state index contributed by atoms with van der Waals surface area (Å²) in [5, 5.41) is 9.57. The molecule has 64 heavy (non-hydrogen) atoms. The van der Waals surface area contributed by atoms with E-state index in [-0.39, 0.29) is 25.2 Å². The molecule has 5 heteroatoms. The number of aliphatic hydroxyl groups is 1. The lowest BCUT2D eigenvalue weighted by Gasteiger charge is -2.15. The van der Waals surface area contributed by atoms with Gasteiger partial charge < -0.3 is 14.6 Å². The van der Waals surface area contributed by atoms with Gasteiger partial charge in [-0.3, -0.25) is 9.59 Å². The molecule has 1 unspecified atom stereocenters. The third-order valence-corrected chi connectivity index (χ3v) is 11.4. The first-order valence-corrected chi connectivity index (χ1v) is 26.8. The van der Waals surface area contributed by atoms with Gasteiger partial charge in [-0.15, -0.1) is 0 Å². The van der Waals surface area contributed by atoms with Gasteiger partial charge in [0.1, 0.15) is 6.61 Å². The second-order valence-corrected chi connectivity index (χ2v) is 17.6. The van der Waals surface area contributed by atoms with E-state index in [1.54, 1.807) is 0 Å². The molecular formula is C59H100O5. The van der Waals surface area contributed by atoms with Crippen LogP contribution in [-0.2, 0) is 19.1 Å². The van der Waals surface area contributed by atoms with E-state index in [1.807, 2.05) is 0 Å². The average Bonchev–Trinajstić information content (AvgIpc) is 3.30. The van der Waals surface area contributed by atoms with Crippen LogP contribution in [-0.4, -0.2) is 36.4 Å². The number of ether oxygens (including phenoxy) is 2. The Morgan fingerprint density at radius 3 is 1.02 bits per heavy atom. The van der Waals surface area contributed by atoms with Crippen molar-refractivity contribution in [2.24, 2.45) is 0 Å². The van der Waals surface area contributed by atoms with Crippen LogP contribution >= 0.6 is 0 Å². The third kappa shape index (κ3) is 51.5. The summed E-state index contributed by atoms with van der Waals surface area (Å²) in [6, 6.07) is 0. The summed E-state index contributed by atoms with van der Waals surface area (Å²) in [6.45, 7) is 4.00. The standard InChI is InChI=1S/C59H100O5/c1-3-5-7-9-11-13-14-15-16-17-18-19-20-21-22-23-24-25-26-27-28-29-30-31-32-33-34-35-36-37-38-39-40-41-42-43-44-46-48-50-52-54-59(62)64-57(55-60)56-63-58(61)53-51-49-47-45-12-10-8-6-4-2/h5,7,11,13,15-16,18-19,21-22,24-25,27-28,30-31,57,60H,3-4,6,8-10,12,14,17,20,23,26,29,32-56H2,1-2H3/b7-5-,13-11-,16-15-,19-18-,22-21-,25-24-,28-27-,31-30-. The van der Waals surface area contributed by atoms with Gasteiger partial charge in [0.15, 0.2) is 6.10 Å². The molecule has 1 atom stereocenters. The second-order valence-electron chi connectivity index (χ2n) is 17.6. The van der Waals surface area contributed by atoms with E-state index in [2.05, 4.69) is 111 Å². The molecule has 0 amide bonds. The van der Waals surface area contributed by atoms with Gasteiger partial charge in [-0.05, 0) is 77.0 Å². The van der Waals surface area contributed by atoms with Gasteiger partial charge in [-0.2, -0.15) is 0 Å². The van der Waals surface area contributed by atoms with Gasteiger partial charge in [0, 0.05) is 12.8 Å². The Hall–Kier alpha value is -3.18. The quantitative estimate of drug-likeness (QED) is 0.0374. The van der Waals surface area contributed by atoms with Crippen LogP contribution in [0.5, 0.6) is 0 Å². The van der Waals surface area contributed by atoms with Crippen molar-refractivity contribution >= 4 is 11.9 Å². The molecule has 0 spiro atoms. The predicted octanol–water partition coefficient (Wildman–Crippen LogP) is 18.0. The number of rotatable bonds is 48. The monoisotopic (exact) mass is 889 g/mol. The summed E-state index contributed by atoms with van der Waals surface area (Å²) < 4.78 is 10.6. The smallest absolute Gasteiger partial charge is 0.306 e.